The lowest BCUT2D eigenvalue weighted by atomic mass is 10.2. The molecule has 1 amide bonds. The van der Waals surface area contributed by atoms with Gasteiger partial charge in [-0.2, -0.15) is 0 Å². The largest absolute Gasteiger partial charge is 0.296 e. The molecule has 0 bridgehead atoms. The van der Waals surface area contributed by atoms with Crippen molar-refractivity contribution < 1.29 is 4.79 Å². The van der Waals surface area contributed by atoms with Crippen LogP contribution >= 0.6 is 11.8 Å². The lowest BCUT2D eigenvalue weighted by Gasteiger charge is -2.21. The maximum absolute atomic E-state index is 12.2. The first kappa shape index (κ1) is 14.0. The van der Waals surface area contributed by atoms with Crippen LogP contribution < -0.4 is 4.90 Å². The fourth-order valence-electron chi connectivity index (χ4n) is 2.34. The predicted octanol–water partition coefficient (Wildman–Crippen LogP) is 4.11. The van der Waals surface area contributed by atoms with Gasteiger partial charge in [0.05, 0.1) is 5.75 Å². The summed E-state index contributed by atoms with van der Waals surface area (Å²) in [7, 11) is 0. The van der Waals surface area contributed by atoms with Crippen molar-refractivity contribution in [3.05, 3.63) is 71.8 Å². The van der Waals surface area contributed by atoms with Gasteiger partial charge in [0.25, 0.3) is 0 Å². The number of amides is 1. The van der Waals surface area contributed by atoms with Crippen LogP contribution in [-0.2, 0) is 4.79 Å². The van der Waals surface area contributed by atoms with Crippen molar-refractivity contribution in [2.24, 2.45) is 0 Å². The van der Waals surface area contributed by atoms with Crippen molar-refractivity contribution in [1.82, 2.24) is 0 Å². The Bertz CT molecular complexity index is 649. The van der Waals surface area contributed by atoms with Crippen molar-refractivity contribution in [1.29, 1.82) is 0 Å². The third kappa shape index (κ3) is 3.19. The number of carbonyl (C=O) groups is 1. The van der Waals surface area contributed by atoms with E-state index in [0.29, 0.717) is 5.75 Å². The number of nitrogens with zero attached hydrogens (tertiary/aromatic N) is 1. The number of anilines is 1. The van der Waals surface area contributed by atoms with E-state index in [1.807, 2.05) is 47.4 Å². The van der Waals surface area contributed by atoms with Gasteiger partial charge in [-0.3, -0.25) is 9.69 Å². The lowest BCUT2D eigenvalue weighted by molar-refractivity contribution is -0.115. The van der Waals surface area contributed by atoms with E-state index in [2.05, 4.69) is 31.2 Å². The van der Waals surface area contributed by atoms with E-state index in [0.717, 1.165) is 11.3 Å². The van der Waals surface area contributed by atoms with Gasteiger partial charge in [0.15, 0.2) is 0 Å². The van der Waals surface area contributed by atoms with Gasteiger partial charge in [0.2, 0.25) is 5.91 Å². The maximum atomic E-state index is 12.2. The molecule has 2 nitrogen and oxygen atoms in total. The SMILES string of the molecule is Cc1ccc(N2C(=O)CSC2/C=C/c2ccccc2)cc1. The smallest absolute Gasteiger partial charge is 0.238 e. The van der Waals surface area contributed by atoms with E-state index in [9.17, 15) is 4.79 Å². The molecule has 0 spiro atoms. The Labute approximate surface area is 129 Å². The fraction of sp³-hybridized carbons (Fsp3) is 0.167. The van der Waals surface area contributed by atoms with Crippen LogP contribution in [0.4, 0.5) is 5.69 Å². The van der Waals surface area contributed by atoms with Gasteiger partial charge >= 0.3 is 0 Å². The standard InChI is InChI=1S/C18H17NOS/c1-14-7-10-16(11-8-14)19-17(20)13-21-18(19)12-9-15-5-3-2-4-6-15/h2-12,18H,13H2,1H3/b12-9+. The molecule has 1 aliphatic rings. The monoisotopic (exact) mass is 295 g/mol. The van der Waals surface area contributed by atoms with Gasteiger partial charge in [-0.25, -0.2) is 0 Å². The van der Waals surface area contributed by atoms with Crippen molar-refractivity contribution in [3.63, 3.8) is 0 Å². The predicted molar refractivity (Wildman–Crippen MR) is 90.4 cm³/mol. The highest BCUT2D eigenvalue weighted by atomic mass is 32.2. The molecule has 1 fully saturated rings. The highest BCUT2D eigenvalue weighted by Gasteiger charge is 2.30. The Hall–Kier alpha value is -2.00. The van der Waals surface area contributed by atoms with Crippen molar-refractivity contribution in [2.45, 2.75) is 12.3 Å². The van der Waals surface area contributed by atoms with Gasteiger partial charge in [-0.05, 0) is 24.6 Å². The maximum Gasteiger partial charge on any atom is 0.238 e. The highest BCUT2D eigenvalue weighted by molar-refractivity contribution is 8.01. The number of aryl methyl sites for hydroxylation is 1. The fourth-order valence-corrected chi connectivity index (χ4v) is 3.37. The molecule has 0 aliphatic carbocycles. The summed E-state index contributed by atoms with van der Waals surface area (Å²) in [5.41, 5.74) is 3.33. The van der Waals surface area contributed by atoms with Crippen molar-refractivity contribution in [2.75, 3.05) is 10.7 Å². The first-order valence-electron chi connectivity index (χ1n) is 6.97. The number of thioether (sulfide) groups is 1. The van der Waals surface area contributed by atoms with Crippen molar-refractivity contribution in [3.8, 4) is 0 Å². The minimum Gasteiger partial charge on any atom is -0.296 e. The van der Waals surface area contributed by atoms with Gasteiger partial charge in [-0.1, -0.05) is 60.2 Å². The van der Waals surface area contributed by atoms with E-state index < -0.39 is 0 Å². The van der Waals surface area contributed by atoms with Crippen LogP contribution in [0, 0.1) is 6.92 Å². The molecular weight excluding hydrogens is 278 g/mol. The molecule has 106 valence electrons. The second-order valence-corrected chi connectivity index (χ2v) is 6.18. The summed E-state index contributed by atoms with van der Waals surface area (Å²) in [5, 5.41) is 0.0698. The molecule has 21 heavy (non-hydrogen) atoms. The zero-order valence-electron chi connectivity index (χ0n) is 11.9. The molecule has 2 aromatic rings. The average molecular weight is 295 g/mol. The van der Waals surface area contributed by atoms with Crippen LogP contribution in [0.25, 0.3) is 6.08 Å². The van der Waals surface area contributed by atoms with E-state index in [-0.39, 0.29) is 11.3 Å². The van der Waals surface area contributed by atoms with Crippen molar-refractivity contribution >= 4 is 29.4 Å². The first-order chi connectivity index (χ1) is 10.2. The molecule has 0 N–H and O–H groups in total. The van der Waals surface area contributed by atoms with Gasteiger partial charge in [0.1, 0.15) is 5.37 Å². The molecular formula is C18H17NOS. The number of rotatable bonds is 3. The summed E-state index contributed by atoms with van der Waals surface area (Å²) in [6, 6.07) is 18.3. The Morgan fingerprint density at radius 1 is 1.10 bits per heavy atom. The Morgan fingerprint density at radius 3 is 2.52 bits per heavy atom. The second-order valence-electron chi connectivity index (χ2n) is 5.07. The van der Waals surface area contributed by atoms with Crippen LogP contribution in [0.1, 0.15) is 11.1 Å². The Balaban J connectivity index is 1.83. The molecule has 0 aromatic heterocycles. The minimum atomic E-state index is 0.0698. The summed E-state index contributed by atoms with van der Waals surface area (Å²) < 4.78 is 0. The van der Waals surface area contributed by atoms with Gasteiger partial charge in [-0.15, -0.1) is 11.8 Å². The Morgan fingerprint density at radius 2 is 1.81 bits per heavy atom. The van der Waals surface area contributed by atoms with Crippen LogP contribution in [0.2, 0.25) is 0 Å². The third-order valence-electron chi connectivity index (χ3n) is 3.47. The summed E-state index contributed by atoms with van der Waals surface area (Å²) in [6.07, 6.45) is 4.18. The summed E-state index contributed by atoms with van der Waals surface area (Å²) in [6.45, 7) is 2.05. The molecule has 0 saturated carbocycles. The van der Waals surface area contributed by atoms with E-state index in [1.54, 1.807) is 11.8 Å². The number of carbonyl (C=O) groups excluding carboxylic acids is 1. The second kappa shape index (κ2) is 6.19. The van der Waals surface area contributed by atoms with Crippen LogP contribution in [0.15, 0.2) is 60.7 Å². The lowest BCUT2D eigenvalue weighted by Crippen LogP contribution is -2.31. The summed E-state index contributed by atoms with van der Waals surface area (Å²) in [4.78, 5) is 14.0. The van der Waals surface area contributed by atoms with Crippen LogP contribution in [0.5, 0.6) is 0 Å². The summed E-state index contributed by atoms with van der Waals surface area (Å²) >= 11 is 1.67. The topological polar surface area (TPSA) is 20.3 Å². The third-order valence-corrected chi connectivity index (χ3v) is 4.59. The molecule has 2 aromatic carbocycles. The quantitative estimate of drug-likeness (QED) is 0.849. The normalized spacial score (nSPS) is 18.6. The number of benzene rings is 2. The molecule has 0 radical (unpaired) electrons. The van der Waals surface area contributed by atoms with E-state index in [1.165, 1.54) is 5.56 Å². The molecule has 1 heterocycles. The highest BCUT2D eigenvalue weighted by Crippen LogP contribution is 2.31. The van der Waals surface area contributed by atoms with Crippen LogP contribution in [0.3, 0.4) is 0 Å². The van der Waals surface area contributed by atoms with E-state index in [4.69, 9.17) is 0 Å². The molecule has 1 atom stereocenters. The van der Waals surface area contributed by atoms with Gasteiger partial charge in [0, 0.05) is 5.69 Å². The zero-order chi connectivity index (χ0) is 14.7. The minimum absolute atomic E-state index is 0.0698. The number of hydrogen-bond acceptors (Lipinski definition) is 2. The molecule has 1 saturated heterocycles. The zero-order valence-corrected chi connectivity index (χ0v) is 12.7. The summed E-state index contributed by atoms with van der Waals surface area (Å²) in [5.74, 6) is 0.712. The van der Waals surface area contributed by atoms with Gasteiger partial charge < -0.3 is 0 Å². The van der Waals surface area contributed by atoms with E-state index >= 15 is 0 Å². The molecule has 3 heteroatoms. The molecule has 1 unspecified atom stereocenters. The number of hydrogen-bond donors (Lipinski definition) is 0. The van der Waals surface area contributed by atoms with Crippen LogP contribution in [-0.4, -0.2) is 17.0 Å². The molecule has 1 aliphatic heterocycles. The average Bonchev–Trinajstić information content (AvgIpc) is 2.88. The first-order valence-corrected chi connectivity index (χ1v) is 8.02. The Kier molecular flexibility index (Phi) is 4.11. The molecule has 3 rings (SSSR count).